The van der Waals surface area contributed by atoms with Crippen molar-refractivity contribution in [2.24, 2.45) is 0 Å². The van der Waals surface area contributed by atoms with Crippen LogP contribution in [0.4, 0.5) is 0 Å². The molecule has 1 aliphatic rings. The van der Waals surface area contributed by atoms with Gasteiger partial charge >= 0.3 is 0 Å². The zero-order valence-corrected chi connectivity index (χ0v) is 14.1. The number of furan rings is 1. The van der Waals surface area contributed by atoms with E-state index in [2.05, 4.69) is 48.9 Å². The molecule has 0 aliphatic carbocycles. The topological polar surface area (TPSA) is 31.6 Å². The number of hydrogen-bond donors (Lipinski definition) is 1. The van der Waals surface area contributed by atoms with Gasteiger partial charge < -0.3 is 9.73 Å². The summed E-state index contributed by atoms with van der Waals surface area (Å²) in [5.41, 5.74) is 1.25. The smallest absolute Gasteiger partial charge is 0.118 e. The summed E-state index contributed by atoms with van der Waals surface area (Å²) in [6, 6.07) is 3.41. The first-order valence-electron chi connectivity index (χ1n) is 8.34. The molecule has 4 heteroatoms. The number of rotatable bonds is 7. The highest BCUT2D eigenvalue weighted by Gasteiger charge is 2.20. The van der Waals surface area contributed by atoms with Crippen molar-refractivity contribution in [2.45, 2.75) is 59.3 Å². The molecule has 120 valence electrons. The first-order chi connectivity index (χ1) is 10.1. The van der Waals surface area contributed by atoms with Gasteiger partial charge in [0.05, 0.1) is 12.8 Å². The van der Waals surface area contributed by atoms with E-state index in [0.29, 0.717) is 12.1 Å². The van der Waals surface area contributed by atoms with Gasteiger partial charge in [0.15, 0.2) is 0 Å². The van der Waals surface area contributed by atoms with Crippen LogP contribution in [0.1, 0.15) is 45.4 Å². The highest BCUT2D eigenvalue weighted by atomic mass is 16.3. The van der Waals surface area contributed by atoms with Gasteiger partial charge in [-0.2, -0.15) is 0 Å². The maximum Gasteiger partial charge on any atom is 0.118 e. The zero-order chi connectivity index (χ0) is 15.2. The maximum absolute atomic E-state index is 5.70. The SMILES string of the molecule is CCC(C)N1CCN(Cc2cc(CNC(C)C)co2)CC1. The second kappa shape index (κ2) is 7.97. The fourth-order valence-corrected chi connectivity index (χ4v) is 2.76. The van der Waals surface area contributed by atoms with Crippen molar-refractivity contribution in [3.8, 4) is 0 Å². The summed E-state index contributed by atoms with van der Waals surface area (Å²) in [6.07, 6.45) is 3.13. The molecule has 1 aromatic heterocycles. The lowest BCUT2D eigenvalue weighted by Gasteiger charge is -2.37. The zero-order valence-electron chi connectivity index (χ0n) is 14.1. The fraction of sp³-hybridized carbons (Fsp3) is 0.765. The molecule has 2 heterocycles. The van der Waals surface area contributed by atoms with Crippen LogP contribution in [0, 0.1) is 0 Å². The molecule has 1 aromatic rings. The van der Waals surface area contributed by atoms with Gasteiger partial charge in [-0.1, -0.05) is 20.8 Å². The van der Waals surface area contributed by atoms with Crippen molar-refractivity contribution in [3.05, 3.63) is 23.7 Å². The number of nitrogens with zero attached hydrogens (tertiary/aromatic N) is 2. The predicted octanol–water partition coefficient (Wildman–Crippen LogP) is 2.69. The normalized spacial score (nSPS) is 19.3. The Morgan fingerprint density at radius 1 is 1.19 bits per heavy atom. The molecule has 4 nitrogen and oxygen atoms in total. The Bertz CT molecular complexity index is 408. The Morgan fingerprint density at radius 3 is 2.52 bits per heavy atom. The van der Waals surface area contributed by atoms with Gasteiger partial charge in [-0.3, -0.25) is 9.80 Å². The van der Waals surface area contributed by atoms with Crippen molar-refractivity contribution >= 4 is 0 Å². The Morgan fingerprint density at radius 2 is 1.90 bits per heavy atom. The van der Waals surface area contributed by atoms with Gasteiger partial charge in [-0.25, -0.2) is 0 Å². The number of piperazine rings is 1. The molecule has 0 aromatic carbocycles. The Labute approximate surface area is 129 Å². The first kappa shape index (κ1) is 16.5. The van der Waals surface area contributed by atoms with E-state index in [-0.39, 0.29) is 0 Å². The van der Waals surface area contributed by atoms with Gasteiger partial charge in [0.2, 0.25) is 0 Å². The average Bonchev–Trinajstić information content (AvgIpc) is 2.92. The van der Waals surface area contributed by atoms with Crippen molar-refractivity contribution in [1.29, 1.82) is 0 Å². The monoisotopic (exact) mass is 293 g/mol. The van der Waals surface area contributed by atoms with Gasteiger partial charge in [0, 0.05) is 50.4 Å². The standard InChI is InChI=1S/C17H31N3O/c1-5-15(4)20-8-6-19(7-9-20)12-17-10-16(13-21-17)11-18-14(2)3/h10,13-15,18H,5-9,11-12H2,1-4H3. The second-order valence-electron chi connectivity index (χ2n) is 6.53. The molecule has 1 saturated heterocycles. The quantitative estimate of drug-likeness (QED) is 0.837. The molecule has 1 N–H and O–H groups in total. The fourth-order valence-electron chi connectivity index (χ4n) is 2.76. The van der Waals surface area contributed by atoms with E-state index in [1.165, 1.54) is 25.1 Å². The minimum atomic E-state index is 0.511. The molecular formula is C17H31N3O. The van der Waals surface area contributed by atoms with E-state index in [1.54, 1.807) is 0 Å². The Hall–Kier alpha value is -0.840. The van der Waals surface area contributed by atoms with Crippen molar-refractivity contribution in [2.75, 3.05) is 26.2 Å². The van der Waals surface area contributed by atoms with E-state index in [9.17, 15) is 0 Å². The molecule has 0 radical (unpaired) electrons. The lowest BCUT2D eigenvalue weighted by molar-refractivity contribution is 0.0920. The summed E-state index contributed by atoms with van der Waals surface area (Å²) >= 11 is 0. The van der Waals surface area contributed by atoms with E-state index >= 15 is 0 Å². The molecule has 0 saturated carbocycles. The van der Waals surface area contributed by atoms with Crippen LogP contribution in [-0.4, -0.2) is 48.1 Å². The van der Waals surface area contributed by atoms with Crippen LogP contribution in [0.25, 0.3) is 0 Å². The van der Waals surface area contributed by atoms with E-state index in [1.807, 2.05) is 6.26 Å². The van der Waals surface area contributed by atoms with Crippen LogP contribution in [0.15, 0.2) is 16.7 Å². The van der Waals surface area contributed by atoms with Crippen LogP contribution in [0.5, 0.6) is 0 Å². The largest absolute Gasteiger partial charge is 0.468 e. The Balaban J connectivity index is 1.76. The summed E-state index contributed by atoms with van der Waals surface area (Å²) in [7, 11) is 0. The molecular weight excluding hydrogens is 262 g/mol. The summed E-state index contributed by atoms with van der Waals surface area (Å²) < 4.78 is 5.70. The average molecular weight is 293 g/mol. The third-order valence-electron chi connectivity index (χ3n) is 4.42. The second-order valence-corrected chi connectivity index (χ2v) is 6.53. The predicted molar refractivity (Wildman–Crippen MR) is 87.3 cm³/mol. The van der Waals surface area contributed by atoms with Crippen LogP contribution in [0.3, 0.4) is 0 Å². The van der Waals surface area contributed by atoms with Gasteiger partial charge in [-0.15, -0.1) is 0 Å². The maximum atomic E-state index is 5.70. The first-order valence-corrected chi connectivity index (χ1v) is 8.34. The molecule has 1 fully saturated rings. The van der Waals surface area contributed by atoms with Gasteiger partial charge in [0.25, 0.3) is 0 Å². The number of hydrogen-bond acceptors (Lipinski definition) is 4. The van der Waals surface area contributed by atoms with E-state index in [4.69, 9.17) is 4.42 Å². The van der Waals surface area contributed by atoms with Gasteiger partial charge in [-0.05, 0) is 19.4 Å². The van der Waals surface area contributed by atoms with Crippen molar-refractivity contribution in [1.82, 2.24) is 15.1 Å². The van der Waals surface area contributed by atoms with Crippen LogP contribution in [-0.2, 0) is 13.1 Å². The molecule has 0 amide bonds. The van der Waals surface area contributed by atoms with Crippen molar-refractivity contribution in [3.63, 3.8) is 0 Å². The molecule has 1 atom stereocenters. The highest BCUT2D eigenvalue weighted by Crippen LogP contribution is 2.14. The molecule has 21 heavy (non-hydrogen) atoms. The lowest BCUT2D eigenvalue weighted by atomic mass is 10.2. The summed E-state index contributed by atoms with van der Waals surface area (Å²) in [4.78, 5) is 5.09. The molecule has 2 rings (SSSR count). The Kier molecular flexibility index (Phi) is 6.27. The molecule has 1 unspecified atom stereocenters. The van der Waals surface area contributed by atoms with Crippen molar-refractivity contribution < 1.29 is 4.42 Å². The number of nitrogens with one attached hydrogen (secondary N) is 1. The molecule has 0 bridgehead atoms. The summed E-state index contributed by atoms with van der Waals surface area (Å²) in [5.74, 6) is 1.09. The summed E-state index contributed by atoms with van der Waals surface area (Å²) in [5, 5.41) is 3.42. The molecule has 0 spiro atoms. The minimum absolute atomic E-state index is 0.511. The van der Waals surface area contributed by atoms with Crippen LogP contribution in [0.2, 0.25) is 0 Å². The summed E-state index contributed by atoms with van der Waals surface area (Å²) in [6.45, 7) is 15.4. The van der Waals surface area contributed by atoms with Crippen LogP contribution < -0.4 is 5.32 Å². The van der Waals surface area contributed by atoms with Gasteiger partial charge in [0.1, 0.15) is 5.76 Å². The van der Waals surface area contributed by atoms with Crippen LogP contribution >= 0.6 is 0 Å². The third-order valence-corrected chi connectivity index (χ3v) is 4.42. The highest BCUT2D eigenvalue weighted by molar-refractivity contribution is 5.12. The van der Waals surface area contributed by atoms with E-state index < -0.39 is 0 Å². The lowest BCUT2D eigenvalue weighted by Crippen LogP contribution is -2.48. The van der Waals surface area contributed by atoms with E-state index in [0.717, 1.165) is 31.9 Å². The minimum Gasteiger partial charge on any atom is -0.468 e. The third kappa shape index (κ3) is 5.13. The molecule has 1 aliphatic heterocycles.